The van der Waals surface area contributed by atoms with E-state index in [1.807, 2.05) is 42.7 Å². The van der Waals surface area contributed by atoms with Gasteiger partial charge in [-0.2, -0.15) is 13.2 Å². The summed E-state index contributed by atoms with van der Waals surface area (Å²) >= 11 is 0. The third-order valence-corrected chi connectivity index (χ3v) is 5.51. The first-order valence-corrected chi connectivity index (χ1v) is 10.5. The number of imidazole rings is 1. The molecule has 2 heterocycles. The van der Waals surface area contributed by atoms with E-state index >= 15 is 0 Å². The van der Waals surface area contributed by atoms with Crippen molar-refractivity contribution in [3.63, 3.8) is 0 Å². The lowest BCUT2D eigenvalue weighted by Gasteiger charge is -2.19. The number of carboxylic acids is 1. The van der Waals surface area contributed by atoms with Gasteiger partial charge in [-0.3, -0.25) is 0 Å². The lowest BCUT2D eigenvalue weighted by molar-refractivity contribution is -0.137. The molecular weight excluding hydrogens is 447 g/mol. The predicted molar refractivity (Wildman–Crippen MR) is 122 cm³/mol. The Hall–Kier alpha value is -3.95. The van der Waals surface area contributed by atoms with Gasteiger partial charge in [-0.05, 0) is 37.6 Å². The van der Waals surface area contributed by atoms with E-state index in [9.17, 15) is 23.1 Å². The van der Waals surface area contributed by atoms with E-state index in [-0.39, 0.29) is 18.0 Å². The largest absolute Gasteiger partial charge is 0.475 e. The van der Waals surface area contributed by atoms with Gasteiger partial charge in [-0.1, -0.05) is 35.9 Å². The molecule has 7 nitrogen and oxygen atoms in total. The van der Waals surface area contributed by atoms with E-state index in [1.54, 1.807) is 11.9 Å². The summed E-state index contributed by atoms with van der Waals surface area (Å²) in [5.74, 6) is -0.760. The monoisotopic (exact) mass is 469 g/mol. The van der Waals surface area contributed by atoms with Gasteiger partial charge >= 0.3 is 12.1 Å². The van der Waals surface area contributed by atoms with Crippen molar-refractivity contribution in [1.29, 1.82) is 0 Å². The number of nitrogens with zero attached hydrogens (tertiary/aromatic N) is 5. The number of aromatic nitrogens is 4. The molecule has 0 fully saturated rings. The SMILES string of the molecule is CCN(C)c1nc(C(=O)O)nc2nc(-c3cccc(C)c3)n(Cc3ccc(C(F)(F)F)cc3)c12. The number of halogens is 3. The van der Waals surface area contributed by atoms with E-state index in [4.69, 9.17) is 0 Å². The molecular formula is C24H22F3N5O2. The molecule has 0 amide bonds. The molecule has 4 rings (SSSR count). The Morgan fingerprint density at radius 3 is 2.38 bits per heavy atom. The minimum Gasteiger partial charge on any atom is -0.475 e. The molecule has 2 aromatic heterocycles. The molecule has 4 aromatic rings. The van der Waals surface area contributed by atoms with Crippen LogP contribution < -0.4 is 4.90 Å². The number of fused-ring (bicyclic) bond motifs is 1. The van der Waals surface area contributed by atoms with Gasteiger partial charge in [0.05, 0.1) is 5.56 Å². The van der Waals surface area contributed by atoms with Crippen LogP contribution in [0.4, 0.5) is 19.0 Å². The number of hydrogen-bond donors (Lipinski definition) is 1. The van der Waals surface area contributed by atoms with E-state index in [2.05, 4.69) is 15.0 Å². The van der Waals surface area contributed by atoms with E-state index in [0.29, 0.717) is 29.3 Å². The van der Waals surface area contributed by atoms with Gasteiger partial charge in [0.15, 0.2) is 11.5 Å². The number of carboxylic acid groups (broad SMARTS) is 1. The van der Waals surface area contributed by atoms with Crippen LogP contribution in [0.5, 0.6) is 0 Å². The number of aryl methyl sites for hydroxylation is 1. The average molecular weight is 469 g/mol. The minimum absolute atomic E-state index is 0.193. The Labute approximate surface area is 193 Å². The molecule has 0 aliphatic rings. The molecule has 0 aliphatic carbocycles. The van der Waals surface area contributed by atoms with Crippen molar-refractivity contribution < 1.29 is 23.1 Å². The Morgan fingerprint density at radius 2 is 1.79 bits per heavy atom. The number of hydrogen-bond acceptors (Lipinski definition) is 5. The number of alkyl halides is 3. The van der Waals surface area contributed by atoms with Crippen LogP contribution in [-0.2, 0) is 12.7 Å². The zero-order chi connectivity index (χ0) is 24.6. The average Bonchev–Trinajstić information content (AvgIpc) is 3.16. The van der Waals surface area contributed by atoms with Gasteiger partial charge in [-0.15, -0.1) is 0 Å². The van der Waals surface area contributed by atoms with Gasteiger partial charge < -0.3 is 14.6 Å². The maximum atomic E-state index is 13.0. The van der Waals surface area contributed by atoms with Crippen molar-refractivity contribution in [3.05, 3.63) is 71.0 Å². The number of anilines is 1. The first-order valence-electron chi connectivity index (χ1n) is 10.5. The Balaban J connectivity index is 1.96. The quantitative estimate of drug-likeness (QED) is 0.427. The van der Waals surface area contributed by atoms with Crippen molar-refractivity contribution in [3.8, 4) is 11.4 Å². The highest BCUT2D eigenvalue weighted by Gasteiger charge is 2.30. The second-order valence-electron chi connectivity index (χ2n) is 7.95. The summed E-state index contributed by atoms with van der Waals surface area (Å²) in [4.78, 5) is 26.5. The molecule has 0 saturated heterocycles. The van der Waals surface area contributed by atoms with E-state index in [0.717, 1.165) is 23.3 Å². The lowest BCUT2D eigenvalue weighted by atomic mass is 10.1. The molecule has 2 aromatic carbocycles. The lowest BCUT2D eigenvalue weighted by Crippen LogP contribution is -2.21. The van der Waals surface area contributed by atoms with Crippen molar-refractivity contribution >= 4 is 23.0 Å². The smallest absolute Gasteiger partial charge is 0.416 e. The van der Waals surface area contributed by atoms with Crippen LogP contribution in [0.25, 0.3) is 22.6 Å². The van der Waals surface area contributed by atoms with Crippen LogP contribution in [0.1, 0.15) is 34.2 Å². The van der Waals surface area contributed by atoms with Crippen LogP contribution in [-0.4, -0.2) is 44.2 Å². The van der Waals surface area contributed by atoms with Gasteiger partial charge in [0.25, 0.3) is 0 Å². The van der Waals surface area contributed by atoms with Gasteiger partial charge in [0.2, 0.25) is 5.82 Å². The fourth-order valence-electron chi connectivity index (χ4n) is 3.67. The predicted octanol–water partition coefficient (Wildman–Crippen LogP) is 5.02. The summed E-state index contributed by atoms with van der Waals surface area (Å²) < 4.78 is 40.9. The molecule has 34 heavy (non-hydrogen) atoms. The molecule has 0 bridgehead atoms. The molecule has 0 atom stereocenters. The summed E-state index contributed by atoms with van der Waals surface area (Å²) in [6.45, 7) is 4.56. The van der Waals surface area contributed by atoms with E-state index in [1.165, 1.54) is 12.1 Å². The zero-order valence-electron chi connectivity index (χ0n) is 18.8. The van der Waals surface area contributed by atoms with Gasteiger partial charge in [-0.25, -0.2) is 19.7 Å². The number of carbonyl (C=O) groups is 1. The molecule has 0 spiro atoms. The van der Waals surface area contributed by atoms with Gasteiger partial charge in [0, 0.05) is 25.7 Å². The highest BCUT2D eigenvalue weighted by molar-refractivity contribution is 5.92. The number of benzene rings is 2. The molecule has 1 N–H and O–H groups in total. The molecule has 0 unspecified atom stereocenters. The van der Waals surface area contributed by atoms with E-state index < -0.39 is 17.7 Å². The molecule has 10 heteroatoms. The normalized spacial score (nSPS) is 11.7. The topological polar surface area (TPSA) is 84.1 Å². The van der Waals surface area contributed by atoms with Crippen molar-refractivity contribution in [2.45, 2.75) is 26.6 Å². The molecule has 0 aliphatic heterocycles. The highest BCUT2D eigenvalue weighted by atomic mass is 19.4. The molecule has 176 valence electrons. The third kappa shape index (κ3) is 4.43. The standard InChI is InChI=1S/C24H22F3N5O2/c1-4-31(3)22-18-19(28-20(30-22)23(33)34)29-21(16-7-5-6-14(2)12-16)32(18)13-15-8-10-17(11-9-15)24(25,26)27/h5-12H,4,13H2,1-3H3,(H,33,34). The van der Waals surface area contributed by atoms with Gasteiger partial charge in [0.1, 0.15) is 11.3 Å². The molecule has 0 saturated carbocycles. The fourth-order valence-corrected chi connectivity index (χ4v) is 3.67. The highest BCUT2D eigenvalue weighted by Crippen LogP contribution is 2.32. The fraction of sp³-hybridized carbons (Fsp3) is 0.250. The Kier molecular flexibility index (Phi) is 5.99. The second-order valence-corrected chi connectivity index (χ2v) is 7.95. The van der Waals surface area contributed by atoms with Crippen LogP contribution in [0.15, 0.2) is 48.5 Å². The van der Waals surface area contributed by atoms with Crippen molar-refractivity contribution in [2.24, 2.45) is 0 Å². The first-order chi connectivity index (χ1) is 16.1. The summed E-state index contributed by atoms with van der Waals surface area (Å²) in [6, 6.07) is 12.5. The first kappa shape index (κ1) is 23.2. The summed E-state index contributed by atoms with van der Waals surface area (Å²) in [5, 5.41) is 9.51. The minimum atomic E-state index is -4.43. The van der Waals surface area contributed by atoms with Crippen LogP contribution in [0, 0.1) is 6.92 Å². The van der Waals surface area contributed by atoms with Crippen molar-refractivity contribution in [1.82, 2.24) is 19.5 Å². The maximum absolute atomic E-state index is 13.0. The maximum Gasteiger partial charge on any atom is 0.416 e. The third-order valence-electron chi connectivity index (χ3n) is 5.51. The summed E-state index contributed by atoms with van der Waals surface area (Å²) in [5.41, 5.74) is 2.36. The number of aromatic carboxylic acids is 1. The summed E-state index contributed by atoms with van der Waals surface area (Å²) in [7, 11) is 1.77. The van der Waals surface area contributed by atoms with Crippen LogP contribution in [0.2, 0.25) is 0 Å². The summed E-state index contributed by atoms with van der Waals surface area (Å²) in [6.07, 6.45) is -4.43. The zero-order valence-corrected chi connectivity index (χ0v) is 18.8. The number of rotatable bonds is 6. The Bertz CT molecular complexity index is 1360. The van der Waals surface area contributed by atoms with Crippen LogP contribution in [0.3, 0.4) is 0 Å². The van der Waals surface area contributed by atoms with Crippen molar-refractivity contribution in [2.75, 3.05) is 18.5 Å². The molecule has 0 radical (unpaired) electrons. The Morgan fingerprint density at radius 1 is 1.09 bits per heavy atom. The second kappa shape index (κ2) is 8.77. The van der Waals surface area contributed by atoms with Crippen LogP contribution >= 0.6 is 0 Å².